The minimum Gasteiger partial charge on any atom is -0.365 e. The molecule has 4 nitrogen and oxygen atoms in total. The van der Waals surface area contributed by atoms with E-state index in [0.29, 0.717) is 21.2 Å². The number of carbonyl (C=O) groups is 2. The third kappa shape index (κ3) is 3.48. The maximum Gasteiger partial charge on any atom is 0.260 e. The van der Waals surface area contributed by atoms with Gasteiger partial charge < -0.3 is 11.1 Å². The summed E-state index contributed by atoms with van der Waals surface area (Å²) in [6, 6.07) is 17.9. The molecule has 0 radical (unpaired) electrons. The molecule has 0 saturated carbocycles. The van der Waals surface area contributed by atoms with Gasteiger partial charge in [-0.15, -0.1) is 11.3 Å². The Morgan fingerprint density at radius 1 is 1.00 bits per heavy atom. The van der Waals surface area contributed by atoms with Gasteiger partial charge >= 0.3 is 0 Å². The summed E-state index contributed by atoms with van der Waals surface area (Å²) in [4.78, 5) is 25.2. The van der Waals surface area contributed by atoms with Gasteiger partial charge in [-0.1, -0.05) is 41.9 Å². The SMILES string of the molecule is NC(=O)c1sc(-c2ccccc2)cc1NC(=O)c1ccc(Cl)cc1. The zero-order valence-corrected chi connectivity index (χ0v) is 14.0. The summed E-state index contributed by atoms with van der Waals surface area (Å²) in [5.74, 6) is -0.903. The molecule has 0 aliphatic rings. The van der Waals surface area contributed by atoms with Crippen LogP contribution >= 0.6 is 22.9 Å². The Balaban J connectivity index is 1.92. The van der Waals surface area contributed by atoms with E-state index >= 15 is 0 Å². The average Bonchev–Trinajstić information content (AvgIpc) is 3.00. The fourth-order valence-corrected chi connectivity index (χ4v) is 3.30. The van der Waals surface area contributed by atoms with Crippen LogP contribution in [0.25, 0.3) is 10.4 Å². The van der Waals surface area contributed by atoms with Crippen LogP contribution in [0.5, 0.6) is 0 Å². The maximum absolute atomic E-state index is 12.3. The molecule has 1 heterocycles. The fraction of sp³-hybridized carbons (Fsp3) is 0. The molecule has 0 spiro atoms. The summed E-state index contributed by atoms with van der Waals surface area (Å²) < 4.78 is 0. The summed E-state index contributed by atoms with van der Waals surface area (Å²) in [7, 11) is 0. The van der Waals surface area contributed by atoms with E-state index < -0.39 is 5.91 Å². The predicted molar refractivity (Wildman–Crippen MR) is 97.7 cm³/mol. The van der Waals surface area contributed by atoms with E-state index in [9.17, 15) is 9.59 Å². The van der Waals surface area contributed by atoms with Gasteiger partial charge in [0.2, 0.25) is 0 Å². The fourth-order valence-electron chi connectivity index (χ4n) is 2.21. The van der Waals surface area contributed by atoms with E-state index in [2.05, 4.69) is 5.32 Å². The molecule has 3 aromatic rings. The molecular formula is C18H13ClN2O2S. The number of amides is 2. The van der Waals surface area contributed by atoms with Crippen LogP contribution in [0.4, 0.5) is 5.69 Å². The van der Waals surface area contributed by atoms with Gasteiger partial charge in [0.1, 0.15) is 4.88 Å². The quantitative estimate of drug-likeness (QED) is 0.726. The molecule has 0 fully saturated rings. The first-order valence-electron chi connectivity index (χ1n) is 7.10. The Bertz CT molecular complexity index is 889. The van der Waals surface area contributed by atoms with Gasteiger partial charge in [0.15, 0.2) is 0 Å². The highest BCUT2D eigenvalue weighted by molar-refractivity contribution is 7.18. The van der Waals surface area contributed by atoms with Crippen LogP contribution in [0.15, 0.2) is 60.7 Å². The third-order valence-corrected chi connectivity index (χ3v) is 4.82. The first kappa shape index (κ1) is 16.2. The Hall–Kier alpha value is -2.63. The molecule has 2 amide bonds. The number of rotatable bonds is 4. The lowest BCUT2D eigenvalue weighted by molar-refractivity contribution is 0.100. The van der Waals surface area contributed by atoms with Crippen LogP contribution in [0.3, 0.4) is 0 Å². The number of anilines is 1. The molecular weight excluding hydrogens is 344 g/mol. The van der Waals surface area contributed by atoms with E-state index in [1.165, 1.54) is 11.3 Å². The molecule has 3 N–H and O–H groups in total. The van der Waals surface area contributed by atoms with E-state index in [1.54, 1.807) is 30.3 Å². The van der Waals surface area contributed by atoms with E-state index in [4.69, 9.17) is 17.3 Å². The second-order valence-corrected chi connectivity index (χ2v) is 6.53. The molecule has 6 heteroatoms. The van der Waals surface area contributed by atoms with E-state index in [0.717, 1.165) is 10.4 Å². The molecule has 3 rings (SSSR count). The van der Waals surface area contributed by atoms with E-state index in [1.807, 2.05) is 30.3 Å². The smallest absolute Gasteiger partial charge is 0.260 e. The molecule has 2 aromatic carbocycles. The van der Waals surface area contributed by atoms with Gasteiger partial charge in [-0.2, -0.15) is 0 Å². The summed E-state index contributed by atoms with van der Waals surface area (Å²) in [5.41, 5.74) is 7.25. The molecule has 0 unspecified atom stereocenters. The van der Waals surface area contributed by atoms with Crippen molar-refractivity contribution >= 4 is 40.4 Å². The van der Waals surface area contributed by atoms with Crippen molar-refractivity contribution in [3.63, 3.8) is 0 Å². The van der Waals surface area contributed by atoms with Crippen molar-refractivity contribution in [2.75, 3.05) is 5.32 Å². The Labute approximate surface area is 147 Å². The molecule has 0 aliphatic carbocycles. The van der Waals surface area contributed by atoms with Crippen molar-refractivity contribution < 1.29 is 9.59 Å². The van der Waals surface area contributed by atoms with Crippen molar-refractivity contribution in [3.8, 4) is 10.4 Å². The first-order chi connectivity index (χ1) is 11.5. The number of primary amides is 1. The summed E-state index contributed by atoms with van der Waals surface area (Å²) in [6.07, 6.45) is 0. The number of nitrogens with one attached hydrogen (secondary N) is 1. The van der Waals surface area contributed by atoms with Gasteiger partial charge in [-0.05, 0) is 35.9 Å². The van der Waals surface area contributed by atoms with Gasteiger partial charge in [-0.3, -0.25) is 9.59 Å². The van der Waals surface area contributed by atoms with Crippen LogP contribution in [0.1, 0.15) is 20.0 Å². The summed E-state index contributed by atoms with van der Waals surface area (Å²) in [6.45, 7) is 0. The Kier molecular flexibility index (Phi) is 4.64. The Morgan fingerprint density at radius 2 is 1.67 bits per heavy atom. The van der Waals surface area contributed by atoms with Crippen LogP contribution in [0, 0.1) is 0 Å². The topological polar surface area (TPSA) is 72.2 Å². The standard InChI is InChI=1S/C18H13ClN2O2S/c19-13-8-6-12(7-9-13)18(23)21-14-10-15(24-16(14)17(20)22)11-4-2-1-3-5-11/h1-10H,(H2,20,22)(H,21,23). The van der Waals surface area contributed by atoms with Gasteiger partial charge in [-0.25, -0.2) is 0 Å². The van der Waals surface area contributed by atoms with Crippen molar-refractivity contribution in [2.24, 2.45) is 5.73 Å². The van der Waals surface area contributed by atoms with Crippen molar-refractivity contribution in [3.05, 3.63) is 76.1 Å². The minimum absolute atomic E-state index is 0.316. The molecule has 1 aromatic heterocycles. The molecule has 0 atom stereocenters. The second kappa shape index (κ2) is 6.86. The predicted octanol–water partition coefficient (Wildman–Crippen LogP) is 4.42. The minimum atomic E-state index is -0.575. The van der Waals surface area contributed by atoms with Crippen molar-refractivity contribution in [1.29, 1.82) is 0 Å². The lowest BCUT2D eigenvalue weighted by Crippen LogP contribution is -2.16. The number of benzene rings is 2. The van der Waals surface area contributed by atoms with E-state index in [-0.39, 0.29) is 5.91 Å². The monoisotopic (exact) mass is 356 g/mol. The molecule has 0 bridgehead atoms. The average molecular weight is 357 g/mol. The normalized spacial score (nSPS) is 10.4. The number of halogens is 1. The summed E-state index contributed by atoms with van der Waals surface area (Å²) in [5, 5.41) is 3.29. The third-order valence-electron chi connectivity index (χ3n) is 3.37. The molecule has 24 heavy (non-hydrogen) atoms. The zero-order chi connectivity index (χ0) is 17.1. The van der Waals surface area contributed by atoms with Crippen molar-refractivity contribution in [2.45, 2.75) is 0 Å². The van der Waals surface area contributed by atoms with Gasteiger partial charge in [0.05, 0.1) is 5.69 Å². The number of nitrogens with two attached hydrogens (primary N) is 1. The van der Waals surface area contributed by atoms with Crippen LogP contribution in [-0.2, 0) is 0 Å². The van der Waals surface area contributed by atoms with Crippen LogP contribution in [-0.4, -0.2) is 11.8 Å². The van der Waals surface area contributed by atoms with Gasteiger partial charge in [0, 0.05) is 15.5 Å². The number of thiophene rings is 1. The Morgan fingerprint density at radius 3 is 2.29 bits per heavy atom. The first-order valence-corrected chi connectivity index (χ1v) is 8.30. The highest BCUT2D eigenvalue weighted by Crippen LogP contribution is 2.34. The maximum atomic E-state index is 12.3. The zero-order valence-electron chi connectivity index (χ0n) is 12.5. The number of carbonyl (C=O) groups excluding carboxylic acids is 2. The molecule has 120 valence electrons. The summed E-state index contributed by atoms with van der Waals surface area (Å²) >= 11 is 7.07. The lowest BCUT2D eigenvalue weighted by Gasteiger charge is -2.04. The van der Waals surface area contributed by atoms with Crippen LogP contribution in [0.2, 0.25) is 5.02 Å². The highest BCUT2D eigenvalue weighted by atomic mass is 35.5. The van der Waals surface area contributed by atoms with Crippen molar-refractivity contribution in [1.82, 2.24) is 0 Å². The highest BCUT2D eigenvalue weighted by Gasteiger charge is 2.17. The molecule has 0 aliphatic heterocycles. The number of hydrogen-bond acceptors (Lipinski definition) is 3. The van der Waals surface area contributed by atoms with Crippen LogP contribution < -0.4 is 11.1 Å². The largest absolute Gasteiger partial charge is 0.365 e. The second-order valence-electron chi connectivity index (χ2n) is 5.04. The van der Waals surface area contributed by atoms with Gasteiger partial charge in [0.25, 0.3) is 11.8 Å². The lowest BCUT2D eigenvalue weighted by atomic mass is 10.1. The number of hydrogen-bond donors (Lipinski definition) is 2. The molecule has 0 saturated heterocycles.